The van der Waals surface area contributed by atoms with Crippen LogP contribution in [0.4, 0.5) is 13.2 Å². The molecule has 1 aromatic rings. The van der Waals surface area contributed by atoms with Crippen molar-refractivity contribution in [3.8, 4) is 0 Å². The van der Waals surface area contributed by atoms with E-state index >= 15 is 0 Å². The van der Waals surface area contributed by atoms with Crippen molar-refractivity contribution < 1.29 is 17.6 Å². The Kier molecular flexibility index (Phi) is 5.32. The zero-order valence-electron chi connectivity index (χ0n) is 12.5. The number of halogens is 3. The maximum Gasteiger partial charge on any atom is 0.393 e. The molecule has 1 unspecified atom stereocenters. The largest absolute Gasteiger partial charge is 0.463 e. The van der Waals surface area contributed by atoms with Gasteiger partial charge in [-0.05, 0) is 31.5 Å². The lowest BCUT2D eigenvalue weighted by molar-refractivity contribution is -0.187. The molecule has 0 bridgehead atoms. The number of rotatable bonds is 5. The molecule has 2 rings (SSSR count). The number of furan rings is 1. The fourth-order valence-corrected chi connectivity index (χ4v) is 2.59. The van der Waals surface area contributed by atoms with Gasteiger partial charge >= 0.3 is 6.18 Å². The topological polar surface area (TPSA) is 28.4 Å². The Hall–Kier alpha value is -1.01. The van der Waals surface area contributed by atoms with Gasteiger partial charge in [-0.25, -0.2) is 0 Å². The van der Waals surface area contributed by atoms with Crippen LogP contribution in [0.1, 0.15) is 38.2 Å². The zero-order chi connectivity index (χ0) is 15.5. The second-order valence-electron chi connectivity index (χ2n) is 6.02. The summed E-state index contributed by atoms with van der Waals surface area (Å²) in [4.78, 5) is 1.83. The summed E-state index contributed by atoms with van der Waals surface area (Å²) in [5.74, 6) is 0.352. The van der Waals surface area contributed by atoms with Crippen molar-refractivity contribution in [2.45, 2.75) is 52.0 Å². The van der Waals surface area contributed by atoms with Crippen LogP contribution in [0.2, 0.25) is 0 Å². The molecule has 6 heteroatoms. The van der Waals surface area contributed by atoms with Crippen LogP contribution >= 0.6 is 0 Å². The third kappa shape index (κ3) is 5.04. The third-order valence-corrected chi connectivity index (χ3v) is 3.75. The molecule has 0 aromatic carbocycles. The highest BCUT2D eigenvalue weighted by Crippen LogP contribution is 2.33. The molecule has 1 aliphatic rings. The van der Waals surface area contributed by atoms with Crippen molar-refractivity contribution in [3.63, 3.8) is 0 Å². The Bertz CT molecular complexity index is 442. The van der Waals surface area contributed by atoms with Gasteiger partial charge in [0.25, 0.3) is 0 Å². The molecular formula is C15H23F3N2O. The van der Waals surface area contributed by atoms with Gasteiger partial charge in [-0.1, -0.05) is 13.8 Å². The van der Waals surface area contributed by atoms with Crippen molar-refractivity contribution in [1.82, 2.24) is 10.2 Å². The summed E-state index contributed by atoms with van der Waals surface area (Å²) in [7, 11) is 0. The Balaban J connectivity index is 1.86. The highest BCUT2D eigenvalue weighted by atomic mass is 19.4. The van der Waals surface area contributed by atoms with Crippen LogP contribution in [0.5, 0.6) is 0 Å². The summed E-state index contributed by atoms with van der Waals surface area (Å²) < 4.78 is 44.0. The molecular weight excluding hydrogens is 281 g/mol. The fourth-order valence-electron chi connectivity index (χ4n) is 2.59. The summed E-state index contributed by atoms with van der Waals surface area (Å²) in [6, 6.07) is 4.11. The van der Waals surface area contributed by atoms with Crippen molar-refractivity contribution in [2.75, 3.05) is 13.1 Å². The molecule has 1 N–H and O–H groups in total. The summed E-state index contributed by atoms with van der Waals surface area (Å²) in [6.07, 6.45) is -3.26. The molecule has 120 valence electrons. The standard InChI is InChI=1S/C15H23F3N2O/c1-11(2)19-8-13-5-6-14(21-13)10-20-7-3-4-12(9-20)15(16,17)18/h5-6,11-12,19H,3-4,7-10H2,1-2H3. The van der Waals surface area contributed by atoms with E-state index in [4.69, 9.17) is 4.42 Å². The molecule has 1 aliphatic heterocycles. The van der Waals surface area contributed by atoms with Crippen LogP contribution in [0.3, 0.4) is 0 Å². The Morgan fingerprint density at radius 2 is 2.05 bits per heavy atom. The highest BCUT2D eigenvalue weighted by molar-refractivity contribution is 5.07. The van der Waals surface area contributed by atoms with E-state index in [9.17, 15) is 13.2 Å². The molecule has 1 atom stereocenters. The van der Waals surface area contributed by atoms with Crippen LogP contribution in [-0.2, 0) is 13.1 Å². The molecule has 1 fully saturated rings. The molecule has 0 amide bonds. The average molecular weight is 304 g/mol. The first-order valence-corrected chi connectivity index (χ1v) is 7.44. The van der Waals surface area contributed by atoms with Gasteiger partial charge in [0.1, 0.15) is 11.5 Å². The maximum absolute atomic E-state index is 12.8. The number of hydrogen-bond donors (Lipinski definition) is 1. The van der Waals surface area contributed by atoms with Gasteiger partial charge in [-0.15, -0.1) is 0 Å². The first-order chi connectivity index (χ1) is 9.84. The van der Waals surface area contributed by atoms with E-state index in [0.29, 0.717) is 32.1 Å². The van der Waals surface area contributed by atoms with E-state index in [1.165, 1.54) is 0 Å². The van der Waals surface area contributed by atoms with Gasteiger partial charge in [-0.2, -0.15) is 13.2 Å². The average Bonchev–Trinajstić information content (AvgIpc) is 2.83. The molecule has 0 saturated carbocycles. The number of piperidine rings is 1. The molecule has 0 aliphatic carbocycles. The van der Waals surface area contributed by atoms with Crippen LogP contribution in [0, 0.1) is 5.92 Å². The lowest BCUT2D eigenvalue weighted by atomic mass is 9.97. The predicted octanol–water partition coefficient (Wildman–Crippen LogP) is 3.55. The van der Waals surface area contributed by atoms with Crippen LogP contribution < -0.4 is 5.32 Å². The number of nitrogens with zero attached hydrogens (tertiary/aromatic N) is 1. The van der Waals surface area contributed by atoms with Gasteiger partial charge in [0.05, 0.1) is 19.0 Å². The SMILES string of the molecule is CC(C)NCc1ccc(CN2CCCC(C(F)(F)F)C2)o1. The first-order valence-electron chi connectivity index (χ1n) is 7.44. The van der Waals surface area contributed by atoms with E-state index in [-0.39, 0.29) is 13.0 Å². The summed E-state index contributed by atoms with van der Waals surface area (Å²) in [5.41, 5.74) is 0. The van der Waals surface area contributed by atoms with Gasteiger partial charge in [0, 0.05) is 12.6 Å². The van der Waals surface area contributed by atoms with Crippen molar-refractivity contribution >= 4 is 0 Å². The predicted molar refractivity (Wildman–Crippen MR) is 74.7 cm³/mol. The Morgan fingerprint density at radius 3 is 2.71 bits per heavy atom. The highest BCUT2D eigenvalue weighted by Gasteiger charge is 2.41. The van der Waals surface area contributed by atoms with Crippen LogP contribution in [0.25, 0.3) is 0 Å². The zero-order valence-corrected chi connectivity index (χ0v) is 12.5. The van der Waals surface area contributed by atoms with Gasteiger partial charge < -0.3 is 9.73 Å². The molecule has 21 heavy (non-hydrogen) atoms. The normalized spacial score (nSPS) is 21.1. The third-order valence-electron chi connectivity index (χ3n) is 3.75. The van der Waals surface area contributed by atoms with Crippen molar-refractivity contribution in [3.05, 3.63) is 23.7 Å². The minimum atomic E-state index is -4.09. The van der Waals surface area contributed by atoms with Gasteiger partial charge in [-0.3, -0.25) is 4.90 Å². The number of alkyl halides is 3. The Labute approximate surface area is 123 Å². The van der Waals surface area contributed by atoms with Crippen molar-refractivity contribution in [1.29, 1.82) is 0 Å². The summed E-state index contributed by atoms with van der Waals surface area (Å²) >= 11 is 0. The monoisotopic (exact) mass is 304 g/mol. The molecule has 0 radical (unpaired) electrons. The summed E-state index contributed by atoms with van der Waals surface area (Å²) in [6.45, 7) is 5.97. The molecule has 3 nitrogen and oxygen atoms in total. The summed E-state index contributed by atoms with van der Waals surface area (Å²) in [5, 5.41) is 3.25. The quantitative estimate of drug-likeness (QED) is 0.902. The first kappa shape index (κ1) is 16.4. The second-order valence-corrected chi connectivity index (χ2v) is 6.02. The van der Waals surface area contributed by atoms with Crippen LogP contribution in [0.15, 0.2) is 16.5 Å². The molecule has 1 saturated heterocycles. The van der Waals surface area contributed by atoms with E-state index in [1.54, 1.807) is 0 Å². The van der Waals surface area contributed by atoms with E-state index in [2.05, 4.69) is 19.2 Å². The minimum Gasteiger partial charge on any atom is -0.463 e. The smallest absolute Gasteiger partial charge is 0.393 e. The van der Waals surface area contributed by atoms with Gasteiger partial charge in [0.15, 0.2) is 0 Å². The Morgan fingerprint density at radius 1 is 1.33 bits per heavy atom. The second kappa shape index (κ2) is 6.83. The minimum absolute atomic E-state index is 0.0732. The van der Waals surface area contributed by atoms with E-state index in [0.717, 1.165) is 11.5 Å². The maximum atomic E-state index is 12.8. The molecule has 1 aromatic heterocycles. The fraction of sp³-hybridized carbons (Fsp3) is 0.733. The van der Waals surface area contributed by atoms with E-state index in [1.807, 2.05) is 17.0 Å². The van der Waals surface area contributed by atoms with E-state index < -0.39 is 12.1 Å². The number of nitrogens with one attached hydrogen (secondary N) is 1. The molecule has 0 spiro atoms. The number of hydrogen-bond acceptors (Lipinski definition) is 3. The van der Waals surface area contributed by atoms with Crippen molar-refractivity contribution in [2.24, 2.45) is 5.92 Å². The lowest BCUT2D eigenvalue weighted by Gasteiger charge is -2.33. The van der Waals surface area contributed by atoms with Crippen LogP contribution in [-0.4, -0.2) is 30.2 Å². The van der Waals surface area contributed by atoms with Gasteiger partial charge in [0.2, 0.25) is 0 Å². The molecule has 2 heterocycles. The number of likely N-dealkylation sites (tertiary alicyclic amines) is 1. The lowest BCUT2D eigenvalue weighted by Crippen LogP contribution is -2.41.